The van der Waals surface area contributed by atoms with Gasteiger partial charge in [-0.25, -0.2) is 59.4 Å². The number of nitrogen functional groups attached to an aromatic ring is 3. The molecule has 19 nitrogen and oxygen atoms in total. The molecule has 0 aliphatic carbocycles. The number of nitriles is 2. The summed E-state index contributed by atoms with van der Waals surface area (Å²) in [6.07, 6.45) is 4.34. The second-order valence-corrected chi connectivity index (χ2v) is 32.1. The number of benzene rings is 5. The molecule has 0 saturated heterocycles. The number of fused-ring (bicyclic) bond motifs is 3. The first kappa shape index (κ1) is 79.7. The first-order valence-corrected chi connectivity index (χ1v) is 39.5. The van der Waals surface area contributed by atoms with Crippen LogP contribution in [0.5, 0.6) is 0 Å². The molecule has 0 bridgehead atoms. The number of aromatic nitrogens is 12. The van der Waals surface area contributed by atoms with E-state index in [9.17, 15) is 35.1 Å². The predicted octanol–water partition coefficient (Wildman–Crippen LogP) is 9.23. The normalized spacial score (nSPS) is 9.86. The summed E-state index contributed by atoms with van der Waals surface area (Å²) in [5.41, 5.74) is 17.0. The highest BCUT2D eigenvalue weighted by Crippen LogP contribution is 2.31. The fourth-order valence-electron chi connectivity index (χ4n) is 7.19. The lowest BCUT2D eigenvalue weighted by molar-refractivity contribution is 0.423. The van der Waals surface area contributed by atoms with Gasteiger partial charge in [0.25, 0.3) is 0 Å². The Hall–Kier alpha value is -6.75. The SMILES string of the molecule is C.Fc1cccc(F)c1CBr.N#Cc1cccc(-c2nc(N)nc3c2cnn3Cc2c(F)cccc2F)c1F.N#Cc1cccc(B(O)O)c1F.Nc1nc(Cl)c2cn[nH]c2n1.Nc1nc(Cl)c2cnn(Cc3c(F)cccc3F)c2n1.S=S.S=S=S=S=S=S=S=S=S=S. The van der Waals surface area contributed by atoms with Crippen LogP contribution in [-0.2, 0) is 134 Å². The molecule has 490 valence electrons. The van der Waals surface area contributed by atoms with E-state index in [0.717, 1.165) is 12.1 Å². The average Bonchev–Trinajstić information content (AvgIpc) is 1.56. The van der Waals surface area contributed by atoms with Crippen molar-refractivity contribution in [1.29, 1.82) is 10.5 Å². The molecule has 5 aromatic carbocycles. The van der Waals surface area contributed by atoms with Crippen molar-refractivity contribution in [3.8, 4) is 23.4 Å². The van der Waals surface area contributed by atoms with E-state index in [4.69, 9.17) is 61.0 Å². The van der Waals surface area contributed by atoms with Gasteiger partial charge in [-0.3, -0.25) is 5.10 Å². The van der Waals surface area contributed by atoms with Gasteiger partial charge in [-0.1, -0.05) is 83.0 Å². The minimum atomic E-state index is -1.88. The number of halogens is 11. The molecule has 94 heavy (non-hydrogen) atoms. The maximum Gasteiger partial charge on any atom is 0.491 e. The van der Waals surface area contributed by atoms with Crippen molar-refractivity contribution in [1.82, 2.24) is 59.7 Å². The molecular weight excluding hydrogens is 1580 g/mol. The fourth-order valence-corrected chi connectivity index (χ4v) is 24.6. The van der Waals surface area contributed by atoms with Crippen molar-refractivity contribution in [3.63, 3.8) is 0 Å². The second kappa shape index (κ2) is 40.6. The number of alkyl halides is 1. The smallest absolute Gasteiger partial charge is 0.423 e. The van der Waals surface area contributed by atoms with Crippen molar-refractivity contribution < 1.29 is 45.2 Å². The number of H-pyrrole nitrogens is 1. The zero-order valence-electron chi connectivity index (χ0n) is 45.6. The van der Waals surface area contributed by atoms with Crippen LogP contribution in [0.2, 0.25) is 10.3 Å². The maximum atomic E-state index is 14.6. The fraction of sp³-hybridized carbons (Fsp3) is 0.0784. The Morgan fingerprint density at radius 3 is 1.40 bits per heavy atom. The standard InChI is InChI=1S/C19H11F3N6.C12H8ClF2N5.C7H5BFNO2.C7H5BrF2.C5H4ClN5.CH4.S10.S2/c20-14-5-2-6-15(21)13(14)9-28-18-12(8-25-28)17(26-19(24)27-18)11-4-1-3-10(7-23)16(11)22;13-10-6-4-17-20(11(6)19-12(16)18-10)5-7-8(14)2-1-3-9(7)15;9-7-5(4-10)2-1-3-6(7)8(11)12;8-4-5-6(9)2-1-3-7(5)10;6-3-2-1-8-11-4(2)10-5(7)9-3;;1-3-5-7-9-10-8-6-4-2;1-2/h1-6,8H,9H2,(H2,24,26,27);1-4H,5H2,(H2,16,18,19);1-3,11-12H;1-3H,4H2;1H,(H3,7,8,9,10,11);1H4;;. The van der Waals surface area contributed by atoms with E-state index >= 15 is 0 Å². The Labute approximate surface area is 588 Å². The highest BCUT2D eigenvalue weighted by molar-refractivity contribution is 9.08. The van der Waals surface area contributed by atoms with Crippen LogP contribution in [0.25, 0.3) is 44.4 Å². The summed E-state index contributed by atoms with van der Waals surface area (Å²) in [6, 6.07) is 22.5. The van der Waals surface area contributed by atoms with Gasteiger partial charge < -0.3 is 27.2 Å². The number of hydrogen-bond donors (Lipinski definition) is 6. The summed E-state index contributed by atoms with van der Waals surface area (Å²) in [7, 11) is 10.8. The predicted molar refractivity (Wildman–Crippen MR) is 382 cm³/mol. The molecule has 11 rings (SSSR count). The summed E-state index contributed by atoms with van der Waals surface area (Å²) in [5, 5.41) is 51.3. The topological polar surface area (TPSA) is 308 Å². The van der Waals surface area contributed by atoms with Gasteiger partial charge in [-0.2, -0.15) is 40.8 Å². The lowest BCUT2D eigenvalue weighted by Crippen LogP contribution is -2.33. The van der Waals surface area contributed by atoms with Crippen LogP contribution in [-0.4, -0.2) is 76.8 Å². The number of nitrogens with two attached hydrogens (primary N) is 3. The number of hydrogen-bond acceptors (Lipinski definition) is 20. The van der Waals surface area contributed by atoms with Crippen molar-refractivity contribution in [3.05, 3.63) is 194 Å². The van der Waals surface area contributed by atoms with Gasteiger partial charge >= 0.3 is 7.12 Å². The van der Waals surface area contributed by atoms with E-state index in [1.807, 2.05) is 0 Å². The van der Waals surface area contributed by atoms with E-state index in [1.54, 1.807) is 71.6 Å². The largest absolute Gasteiger partial charge is 0.491 e. The van der Waals surface area contributed by atoms with Gasteiger partial charge in [0, 0.05) is 149 Å². The van der Waals surface area contributed by atoms with Crippen molar-refractivity contribution in [2.24, 2.45) is 0 Å². The molecule has 9 N–H and O–H groups in total. The quantitative estimate of drug-likeness (QED) is 0.0375. The van der Waals surface area contributed by atoms with Gasteiger partial charge in [-0.15, -0.1) is 0 Å². The number of aromatic amines is 1. The summed E-state index contributed by atoms with van der Waals surface area (Å²) in [5.74, 6) is -5.44. The van der Waals surface area contributed by atoms with Crippen LogP contribution >= 0.6 is 39.1 Å². The van der Waals surface area contributed by atoms with Crippen molar-refractivity contribution >= 4 is 218 Å². The molecule has 0 unspecified atom stereocenters. The van der Waals surface area contributed by atoms with Gasteiger partial charge in [0.15, 0.2) is 16.9 Å². The Bertz CT molecular complexity index is 4880. The molecule has 6 heterocycles. The van der Waals surface area contributed by atoms with Gasteiger partial charge in [0.1, 0.15) is 69.0 Å². The van der Waals surface area contributed by atoms with E-state index < -0.39 is 53.7 Å². The molecule has 0 spiro atoms. The molecular formula is C51H37BBrCl2F8N17O2S12. The van der Waals surface area contributed by atoms with Gasteiger partial charge in [0.2, 0.25) is 17.8 Å². The van der Waals surface area contributed by atoms with Crippen LogP contribution in [0.4, 0.5) is 53.0 Å². The molecule has 0 aliphatic heterocycles. The highest BCUT2D eigenvalue weighted by Gasteiger charge is 2.21. The van der Waals surface area contributed by atoms with Crippen LogP contribution < -0.4 is 22.7 Å². The van der Waals surface area contributed by atoms with E-state index in [-0.39, 0.29) is 99.0 Å². The van der Waals surface area contributed by atoms with Gasteiger partial charge in [0.05, 0.1) is 64.7 Å². The third kappa shape index (κ3) is 22.4. The van der Waals surface area contributed by atoms with E-state index in [1.165, 1.54) is 118 Å². The zero-order chi connectivity index (χ0) is 68.3. The molecule has 0 saturated carbocycles. The van der Waals surface area contributed by atoms with Crippen molar-refractivity contribution in [2.45, 2.75) is 25.8 Å². The highest BCUT2D eigenvalue weighted by atomic mass is 79.9. The number of rotatable bonds is 7. The Kier molecular flexibility index (Phi) is 34.4. The van der Waals surface area contributed by atoms with Crippen LogP contribution in [0, 0.1) is 69.2 Å². The average molecular weight is 1620 g/mol. The van der Waals surface area contributed by atoms with E-state index in [0.29, 0.717) is 32.6 Å². The van der Waals surface area contributed by atoms with Crippen LogP contribution in [0.15, 0.2) is 110 Å². The lowest BCUT2D eigenvalue weighted by Gasteiger charge is -2.08. The Morgan fingerprint density at radius 2 is 0.947 bits per heavy atom. The van der Waals surface area contributed by atoms with Gasteiger partial charge in [-0.05, 0) is 54.6 Å². The molecule has 43 heteroatoms. The molecule has 0 fully saturated rings. The first-order chi connectivity index (χ1) is 44.7. The molecule has 0 aliphatic rings. The third-order valence-electron chi connectivity index (χ3n) is 11.2. The summed E-state index contributed by atoms with van der Waals surface area (Å²) in [4.78, 5) is 23.5. The van der Waals surface area contributed by atoms with Crippen LogP contribution in [0.3, 0.4) is 0 Å². The molecule has 0 amide bonds. The summed E-state index contributed by atoms with van der Waals surface area (Å²) >= 11 is 31.2. The third-order valence-corrected chi connectivity index (χ3v) is 27.9. The van der Waals surface area contributed by atoms with Crippen LogP contribution in [0.1, 0.15) is 35.2 Å². The summed E-state index contributed by atoms with van der Waals surface area (Å²) in [6.45, 7) is -0.354. The Morgan fingerprint density at radius 1 is 0.543 bits per heavy atom. The summed E-state index contributed by atoms with van der Waals surface area (Å²) < 4.78 is 111. The minimum Gasteiger partial charge on any atom is -0.423 e. The van der Waals surface area contributed by atoms with E-state index in [2.05, 4.69) is 111 Å². The second-order valence-electron chi connectivity index (χ2n) is 16.6. The first-order valence-electron chi connectivity index (χ1n) is 24.2. The zero-order valence-corrected chi connectivity index (χ0v) is 58.5. The molecule has 0 radical (unpaired) electrons. The number of nitrogens with one attached hydrogen (secondary N) is 1. The molecule has 11 aromatic rings. The Balaban J connectivity index is 0.000000251. The monoisotopic (exact) mass is 1610 g/mol. The minimum absolute atomic E-state index is 0. The lowest BCUT2D eigenvalue weighted by atomic mass is 9.79. The number of nitrogens with zero attached hydrogens (tertiary/aromatic N) is 13. The molecule has 0 atom stereocenters. The van der Waals surface area contributed by atoms with Crippen molar-refractivity contribution in [2.75, 3.05) is 17.2 Å². The molecule has 6 aromatic heterocycles. The maximum absolute atomic E-state index is 14.6. The number of anilines is 3.